The van der Waals surface area contributed by atoms with Gasteiger partial charge in [0.15, 0.2) is 5.78 Å². The SMILES string of the molecule is CCOC(=O)[C@H](Oc1ccc(=O)n(-c2ccccc2)n1)C(C)=O. The molecule has 7 nitrogen and oxygen atoms in total. The summed E-state index contributed by atoms with van der Waals surface area (Å²) in [4.78, 5) is 35.2. The molecule has 0 spiro atoms. The third kappa shape index (κ3) is 4.03. The molecule has 0 unspecified atom stereocenters. The average molecular weight is 316 g/mol. The lowest BCUT2D eigenvalue weighted by Crippen LogP contribution is -2.36. The zero-order valence-electron chi connectivity index (χ0n) is 12.8. The zero-order chi connectivity index (χ0) is 16.8. The van der Waals surface area contributed by atoms with Crippen molar-refractivity contribution in [3.63, 3.8) is 0 Å². The van der Waals surface area contributed by atoms with Gasteiger partial charge in [0.1, 0.15) is 0 Å². The third-order valence-electron chi connectivity index (χ3n) is 2.89. The Bertz CT molecular complexity index is 755. The summed E-state index contributed by atoms with van der Waals surface area (Å²) in [7, 11) is 0. The average Bonchev–Trinajstić information content (AvgIpc) is 2.54. The van der Waals surface area contributed by atoms with Gasteiger partial charge in [0.25, 0.3) is 11.7 Å². The summed E-state index contributed by atoms with van der Waals surface area (Å²) in [6, 6.07) is 11.3. The monoisotopic (exact) mass is 316 g/mol. The molecule has 7 heteroatoms. The van der Waals surface area contributed by atoms with Gasteiger partial charge in [-0.2, -0.15) is 4.68 Å². The summed E-state index contributed by atoms with van der Waals surface area (Å²) in [6.07, 6.45) is -1.41. The molecule has 1 heterocycles. The van der Waals surface area contributed by atoms with E-state index in [1.54, 1.807) is 37.3 Å². The smallest absolute Gasteiger partial charge is 0.355 e. The van der Waals surface area contributed by atoms with E-state index in [4.69, 9.17) is 9.47 Å². The fourth-order valence-corrected chi connectivity index (χ4v) is 1.85. The number of ketones is 1. The van der Waals surface area contributed by atoms with Gasteiger partial charge >= 0.3 is 5.97 Å². The Balaban J connectivity index is 2.32. The second-order valence-electron chi connectivity index (χ2n) is 4.62. The number of hydrogen-bond acceptors (Lipinski definition) is 6. The summed E-state index contributed by atoms with van der Waals surface area (Å²) in [5.41, 5.74) is 0.178. The highest BCUT2D eigenvalue weighted by Gasteiger charge is 2.27. The Morgan fingerprint density at radius 3 is 2.48 bits per heavy atom. The van der Waals surface area contributed by atoms with E-state index in [2.05, 4.69) is 5.10 Å². The van der Waals surface area contributed by atoms with Crippen molar-refractivity contribution in [1.29, 1.82) is 0 Å². The molecule has 0 saturated carbocycles. The Kier molecular flexibility index (Phi) is 5.24. The number of esters is 1. The number of Topliss-reactive ketones (excluding diaryl/α,β-unsaturated/α-hetero) is 1. The van der Waals surface area contributed by atoms with E-state index in [0.29, 0.717) is 5.69 Å². The van der Waals surface area contributed by atoms with Crippen molar-refractivity contribution >= 4 is 11.8 Å². The first-order valence-corrected chi connectivity index (χ1v) is 7.02. The van der Waals surface area contributed by atoms with E-state index in [0.717, 1.165) is 4.68 Å². The van der Waals surface area contributed by atoms with Crippen LogP contribution in [0.1, 0.15) is 13.8 Å². The maximum atomic E-state index is 11.9. The first kappa shape index (κ1) is 16.4. The van der Waals surface area contributed by atoms with Crippen molar-refractivity contribution in [2.75, 3.05) is 6.61 Å². The molecule has 2 rings (SSSR count). The Morgan fingerprint density at radius 1 is 1.17 bits per heavy atom. The predicted octanol–water partition coefficient (Wildman–Crippen LogP) is 1.13. The number of aromatic nitrogens is 2. The number of nitrogens with zero attached hydrogens (tertiary/aromatic N) is 2. The van der Waals surface area contributed by atoms with Gasteiger partial charge in [0, 0.05) is 12.1 Å². The highest BCUT2D eigenvalue weighted by molar-refractivity contribution is 6.01. The minimum atomic E-state index is -1.41. The number of carbonyl (C=O) groups is 2. The molecule has 0 N–H and O–H groups in total. The minimum Gasteiger partial charge on any atom is -0.463 e. The molecular formula is C16H16N2O5. The van der Waals surface area contributed by atoms with Crippen molar-refractivity contribution in [3.05, 3.63) is 52.8 Å². The summed E-state index contributed by atoms with van der Waals surface area (Å²) in [6.45, 7) is 2.97. The van der Waals surface area contributed by atoms with Crippen LogP contribution in [0, 0.1) is 0 Å². The predicted molar refractivity (Wildman–Crippen MR) is 81.6 cm³/mol. The molecule has 0 radical (unpaired) electrons. The minimum absolute atomic E-state index is 0.0262. The van der Waals surface area contributed by atoms with Crippen LogP contribution in [0.5, 0.6) is 5.88 Å². The molecule has 23 heavy (non-hydrogen) atoms. The van der Waals surface area contributed by atoms with Gasteiger partial charge < -0.3 is 9.47 Å². The van der Waals surface area contributed by atoms with Crippen LogP contribution in [0.15, 0.2) is 47.3 Å². The van der Waals surface area contributed by atoms with E-state index in [-0.39, 0.29) is 18.0 Å². The van der Waals surface area contributed by atoms with E-state index in [1.165, 1.54) is 19.1 Å². The Hall–Kier alpha value is -2.96. The summed E-state index contributed by atoms with van der Waals surface area (Å²) in [5, 5.41) is 4.03. The van der Waals surface area contributed by atoms with Crippen molar-refractivity contribution in [2.45, 2.75) is 20.0 Å². The largest absolute Gasteiger partial charge is 0.463 e. The maximum absolute atomic E-state index is 11.9. The van der Waals surface area contributed by atoms with Gasteiger partial charge in [-0.25, -0.2) is 4.79 Å². The standard InChI is InChI=1S/C16H16N2O5/c1-3-22-16(21)15(11(2)19)23-13-9-10-14(20)18(17-13)12-7-5-4-6-8-12/h4-10,15H,3H2,1-2H3/t15-/m1/s1. The van der Waals surface area contributed by atoms with Crippen LogP contribution in [-0.2, 0) is 14.3 Å². The number of carbonyl (C=O) groups excluding carboxylic acids is 2. The van der Waals surface area contributed by atoms with Crippen LogP contribution in [0.4, 0.5) is 0 Å². The molecule has 1 aromatic heterocycles. The summed E-state index contributed by atoms with van der Waals surface area (Å²) >= 11 is 0. The maximum Gasteiger partial charge on any atom is 0.355 e. The number of hydrogen-bond donors (Lipinski definition) is 0. The first-order valence-electron chi connectivity index (χ1n) is 7.02. The van der Waals surface area contributed by atoms with Crippen molar-refractivity contribution in [1.82, 2.24) is 9.78 Å². The molecule has 0 aliphatic rings. The summed E-state index contributed by atoms with van der Waals surface area (Å²) in [5.74, 6) is -1.33. The van der Waals surface area contributed by atoms with Gasteiger partial charge in [-0.15, -0.1) is 5.10 Å². The van der Waals surface area contributed by atoms with Gasteiger partial charge in [-0.1, -0.05) is 18.2 Å². The van der Waals surface area contributed by atoms with Crippen LogP contribution in [0.25, 0.3) is 5.69 Å². The Morgan fingerprint density at radius 2 is 1.87 bits per heavy atom. The van der Waals surface area contributed by atoms with E-state index in [9.17, 15) is 14.4 Å². The highest BCUT2D eigenvalue weighted by atomic mass is 16.6. The number of benzene rings is 1. The van der Waals surface area contributed by atoms with E-state index in [1.807, 2.05) is 0 Å². The summed E-state index contributed by atoms with van der Waals surface area (Å²) < 4.78 is 11.2. The lowest BCUT2D eigenvalue weighted by molar-refractivity contribution is -0.155. The molecule has 120 valence electrons. The lowest BCUT2D eigenvalue weighted by atomic mass is 10.2. The first-order chi connectivity index (χ1) is 11.0. The third-order valence-corrected chi connectivity index (χ3v) is 2.89. The molecule has 1 aromatic carbocycles. The van der Waals surface area contributed by atoms with Gasteiger partial charge in [-0.05, 0) is 26.0 Å². The molecule has 0 saturated heterocycles. The number of rotatable bonds is 6. The fraction of sp³-hybridized carbons (Fsp3) is 0.250. The molecule has 0 fully saturated rings. The molecule has 2 aromatic rings. The molecule has 0 aliphatic carbocycles. The Labute approximate surface area is 132 Å². The molecule has 0 aliphatic heterocycles. The number of ether oxygens (including phenoxy) is 2. The quantitative estimate of drug-likeness (QED) is 0.586. The van der Waals surface area contributed by atoms with Crippen molar-refractivity contribution < 1.29 is 19.1 Å². The van der Waals surface area contributed by atoms with Crippen LogP contribution in [0.3, 0.4) is 0 Å². The van der Waals surface area contributed by atoms with E-state index >= 15 is 0 Å². The van der Waals surface area contributed by atoms with Gasteiger partial charge in [0.05, 0.1) is 12.3 Å². The van der Waals surface area contributed by atoms with Crippen molar-refractivity contribution in [2.24, 2.45) is 0 Å². The van der Waals surface area contributed by atoms with Crippen LogP contribution in [0.2, 0.25) is 0 Å². The second kappa shape index (κ2) is 7.35. The van der Waals surface area contributed by atoms with E-state index < -0.39 is 17.9 Å². The topological polar surface area (TPSA) is 87.5 Å². The zero-order valence-corrected chi connectivity index (χ0v) is 12.8. The normalized spacial score (nSPS) is 11.6. The number of para-hydroxylation sites is 1. The van der Waals surface area contributed by atoms with Crippen molar-refractivity contribution in [3.8, 4) is 11.6 Å². The highest BCUT2D eigenvalue weighted by Crippen LogP contribution is 2.10. The van der Waals surface area contributed by atoms with Gasteiger partial charge in [0.2, 0.25) is 5.88 Å². The molecule has 0 bridgehead atoms. The molecular weight excluding hydrogens is 300 g/mol. The van der Waals surface area contributed by atoms with Crippen LogP contribution >= 0.6 is 0 Å². The fourth-order valence-electron chi connectivity index (χ4n) is 1.85. The van der Waals surface area contributed by atoms with Crippen LogP contribution < -0.4 is 10.3 Å². The lowest BCUT2D eigenvalue weighted by Gasteiger charge is -2.14. The van der Waals surface area contributed by atoms with Gasteiger partial charge in [-0.3, -0.25) is 9.59 Å². The molecule has 1 atom stereocenters. The molecule has 0 amide bonds. The van der Waals surface area contributed by atoms with Crippen LogP contribution in [-0.4, -0.2) is 34.2 Å². The second-order valence-corrected chi connectivity index (χ2v) is 4.62.